The topological polar surface area (TPSA) is 0 Å². The Labute approximate surface area is 113 Å². The molecule has 0 unspecified atom stereocenters. The van der Waals surface area contributed by atoms with Gasteiger partial charge in [0.15, 0.2) is 0 Å². The quantitative estimate of drug-likeness (QED) is 0.482. The van der Waals surface area contributed by atoms with Crippen LogP contribution in [-0.4, -0.2) is 9.67 Å². The summed E-state index contributed by atoms with van der Waals surface area (Å²) >= 11 is 33.8. The molecule has 0 saturated heterocycles. The Morgan fingerprint density at radius 1 is 0.714 bits per heavy atom. The summed E-state index contributed by atoms with van der Waals surface area (Å²) in [6.45, 7) is 7.10. The lowest BCUT2D eigenvalue weighted by Crippen LogP contribution is -1.99. The Kier molecular flexibility index (Phi) is 6.97. The highest BCUT2D eigenvalue weighted by atomic mass is 35.5. The molecule has 6 heteroatoms. The smallest absolute Gasteiger partial charge is 0.100 e. The zero-order valence-corrected chi connectivity index (χ0v) is 11.4. The molecule has 0 rings (SSSR count). The van der Waals surface area contributed by atoms with Crippen LogP contribution in [0.4, 0.5) is 0 Å². The third kappa shape index (κ3) is 4.22. The maximum atomic E-state index is 5.82. The summed E-state index contributed by atoms with van der Waals surface area (Å²) < 4.78 is 0. The Morgan fingerprint density at radius 3 is 1.07 bits per heavy atom. The summed E-state index contributed by atoms with van der Waals surface area (Å²) in [5.74, 6) is 0. The molecule has 14 heavy (non-hydrogen) atoms. The van der Waals surface area contributed by atoms with Gasteiger partial charge in [-0.1, -0.05) is 36.4 Å². The van der Waals surface area contributed by atoms with Crippen LogP contribution in [0.1, 0.15) is 0 Å². The number of alkyl halides is 4. The van der Waals surface area contributed by atoms with Crippen molar-refractivity contribution in [1.82, 2.24) is 0 Å². The van der Waals surface area contributed by atoms with Crippen molar-refractivity contribution in [2.24, 2.45) is 0 Å². The Hall–Kier alpha value is 0.960. The average Bonchev–Trinajstić information content (AvgIpc) is 2.12. The van der Waals surface area contributed by atoms with E-state index in [0.29, 0.717) is 0 Å². The molecule has 0 aromatic carbocycles. The van der Waals surface area contributed by atoms with Gasteiger partial charge >= 0.3 is 0 Å². The summed E-state index contributed by atoms with van der Waals surface area (Å²) in [6, 6.07) is 0. The first-order chi connectivity index (χ1) is 6.29. The fraction of sp³-hybridized carbons (Fsp3) is 0.250. The third-order valence-corrected chi connectivity index (χ3v) is 3.30. The largest absolute Gasteiger partial charge is 0.133 e. The van der Waals surface area contributed by atoms with Crippen molar-refractivity contribution in [2.45, 2.75) is 9.67 Å². The average molecular weight is 315 g/mol. The molecular weight excluding hydrogens is 309 g/mol. The lowest BCUT2D eigenvalue weighted by molar-refractivity contribution is 1.37. The maximum absolute atomic E-state index is 5.82. The Balaban J connectivity index is 4.94. The van der Waals surface area contributed by atoms with E-state index in [2.05, 4.69) is 13.2 Å². The van der Waals surface area contributed by atoms with Gasteiger partial charge in [0.1, 0.15) is 9.67 Å². The SMILES string of the molecule is C=C(/C(Cl)=C(\Cl)C(=C)C(Cl)Cl)C(Cl)Cl. The Morgan fingerprint density at radius 2 is 0.929 bits per heavy atom. The van der Waals surface area contributed by atoms with E-state index < -0.39 is 9.67 Å². The van der Waals surface area contributed by atoms with Crippen molar-refractivity contribution in [2.75, 3.05) is 0 Å². The molecule has 0 aliphatic carbocycles. The number of halogens is 6. The number of hydrogen-bond acceptors (Lipinski definition) is 0. The summed E-state index contributed by atoms with van der Waals surface area (Å²) in [6.07, 6.45) is 0. The van der Waals surface area contributed by atoms with Gasteiger partial charge in [-0.05, 0) is 11.1 Å². The molecule has 0 aromatic heterocycles. The molecule has 0 nitrogen and oxygen atoms in total. The minimum absolute atomic E-state index is 0.109. The number of hydrogen-bond donors (Lipinski definition) is 0. The second-order valence-electron chi connectivity index (χ2n) is 2.28. The van der Waals surface area contributed by atoms with Crippen molar-refractivity contribution in [3.63, 3.8) is 0 Å². The van der Waals surface area contributed by atoms with Crippen LogP contribution in [0, 0.1) is 0 Å². The van der Waals surface area contributed by atoms with Gasteiger partial charge in [-0.2, -0.15) is 0 Å². The van der Waals surface area contributed by atoms with Crippen LogP contribution >= 0.6 is 69.6 Å². The minimum atomic E-state index is -0.840. The van der Waals surface area contributed by atoms with Crippen molar-refractivity contribution in [1.29, 1.82) is 0 Å². The predicted molar refractivity (Wildman–Crippen MR) is 68.0 cm³/mol. The number of rotatable bonds is 4. The first-order valence-corrected chi connectivity index (χ1v) is 5.79. The van der Waals surface area contributed by atoms with Crippen molar-refractivity contribution >= 4 is 69.6 Å². The molecule has 0 saturated carbocycles. The second-order valence-corrected chi connectivity index (χ2v) is 5.23. The van der Waals surface area contributed by atoms with Crippen LogP contribution in [0.5, 0.6) is 0 Å². The van der Waals surface area contributed by atoms with Gasteiger partial charge in [0, 0.05) is 0 Å². The van der Waals surface area contributed by atoms with Crippen molar-refractivity contribution in [3.8, 4) is 0 Å². The van der Waals surface area contributed by atoms with Gasteiger partial charge < -0.3 is 0 Å². The maximum Gasteiger partial charge on any atom is 0.133 e. The molecule has 0 bridgehead atoms. The predicted octanol–water partition coefficient (Wildman–Crippen LogP) is 5.40. The fourth-order valence-corrected chi connectivity index (χ4v) is 1.59. The van der Waals surface area contributed by atoms with Gasteiger partial charge in [0.2, 0.25) is 0 Å². The summed E-state index contributed by atoms with van der Waals surface area (Å²) in [5, 5.41) is 0.218. The molecule has 0 radical (unpaired) electrons. The van der Waals surface area contributed by atoms with Crippen LogP contribution in [0.15, 0.2) is 34.4 Å². The molecule has 0 aromatic rings. The normalized spacial score (nSPS) is 13.1. The monoisotopic (exact) mass is 312 g/mol. The molecule has 0 aliphatic rings. The molecule has 0 aliphatic heterocycles. The minimum Gasteiger partial charge on any atom is -0.100 e. The molecular formula is C8H6Cl6. The van der Waals surface area contributed by atoms with Crippen molar-refractivity contribution < 1.29 is 0 Å². The summed E-state index contributed by atoms with van der Waals surface area (Å²) in [7, 11) is 0. The van der Waals surface area contributed by atoms with Gasteiger partial charge in [-0.15, -0.1) is 46.4 Å². The van der Waals surface area contributed by atoms with E-state index in [1.54, 1.807) is 0 Å². The first-order valence-electron chi connectivity index (χ1n) is 3.29. The molecule has 0 atom stereocenters. The zero-order chi connectivity index (χ0) is 11.5. The Bertz CT molecular complexity index is 248. The van der Waals surface area contributed by atoms with E-state index in [1.165, 1.54) is 0 Å². The third-order valence-electron chi connectivity index (χ3n) is 1.28. The fourth-order valence-electron chi connectivity index (χ4n) is 0.474. The molecule has 0 heterocycles. The lowest BCUT2D eigenvalue weighted by atomic mass is 10.2. The molecule has 0 fully saturated rings. The van der Waals surface area contributed by atoms with Crippen LogP contribution < -0.4 is 0 Å². The molecule has 0 amide bonds. The van der Waals surface area contributed by atoms with Crippen LogP contribution in [0.25, 0.3) is 0 Å². The van der Waals surface area contributed by atoms with Gasteiger partial charge in [0.05, 0.1) is 10.1 Å². The molecule has 80 valence electrons. The van der Waals surface area contributed by atoms with Crippen LogP contribution in [0.2, 0.25) is 0 Å². The van der Waals surface area contributed by atoms with E-state index in [0.717, 1.165) is 0 Å². The van der Waals surface area contributed by atoms with Gasteiger partial charge in [-0.3, -0.25) is 0 Å². The van der Waals surface area contributed by atoms with E-state index in [9.17, 15) is 0 Å². The molecule has 0 N–H and O–H groups in total. The van der Waals surface area contributed by atoms with E-state index in [1.807, 2.05) is 0 Å². The highest BCUT2D eigenvalue weighted by molar-refractivity contribution is 6.51. The summed E-state index contributed by atoms with van der Waals surface area (Å²) in [4.78, 5) is -1.68. The van der Waals surface area contributed by atoms with E-state index in [-0.39, 0.29) is 21.2 Å². The van der Waals surface area contributed by atoms with Crippen molar-refractivity contribution in [3.05, 3.63) is 34.4 Å². The standard InChI is InChI=1S/C8H6Cl6/c1-3(7(11)12)5(9)6(10)4(2)8(13)14/h7-8H,1-2H2/b6-5+. The van der Waals surface area contributed by atoms with Crippen LogP contribution in [-0.2, 0) is 0 Å². The first kappa shape index (κ1) is 15.0. The van der Waals surface area contributed by atoms with E-state index in [4.69, 9.17) is 69.6 Å². The van der Waals surface area contributed by atoms with Gasteiger partial charge in [0.25, 0.3) is 0 Å². The zero-order valence-electron chi connectivity index (χ0n) is 6.84. The van der Waals surface area contributed by atoms with Gasteiger partial charge in [-0.25, -0.2) is 0 Å². The highest BCUT2D eigenvalue weighted by Crippen LogP contribution is 2.33. The highest BCUT2D eigenvalue weighted by Gasteiger charge is 2.17. The van der Waals surface area contributed by atoms with Crippen LogP contribution in [0.3, 0.4) is 0 Å². The lowest BCUT2D eigenvalue weighted by Gasteiger charge is -2.10. The molecule has 0 spiro atoms. The second kappa shape index (κ2) is 6.52. The summed E-state index contributed by atoms with van der Waals surface area (Å²) in [5.41, 5.74) is 0.547. The number of allylic oxidation sites excluding steroid dienone is 4. The van der Waals surface area contributed by atoms with E-state index >= 15 is 0 Å².